The van der Waals surface area contributed by atoms with Crippen LogP contribution in [-0.4, -0.2) is 73.0 Å². The summed E-state index contributed by atoms with van der Waals surface area (Å²) in [6.45, 7) is 7.29. The van der Waals surface area contributed by atoms with Crippen molar-refractivity contribution in [1.29, 1.82) is 0 Å². The van der Waals surface area contributed by atoms with Crippen molar-refractivity contribution < 1.29 is 9.59 Å². The van der Waals surface area contributed by atoms with Crippen LogP contribution in [0.1, 0.15) is 45.4 Å². The normalized spacial score (nSPS) is 22.7. The zero-order valence-electron chi connectivity index (χ0n) is 15.7. The lowest BCUT2D eigenvalue weighted by Gasteiger charge is -2.37. The molecule has 1 atom stereocenters. The van der Waals surface area contributed by atoms with Crippen LogP contribution in [0, 0.1) is 5.92 Å². The molecule has 1 saturated carbocycles. The van der Waals surface area contributed by atoms with Crippen molar-refractivity contribution in [2.75, 3.05) is 39.3 Å². The number of piperidine rings is 1. The van der Waals surface area contributed by atoms with E-state index >= 15 is 0 Å². The summed E-state index contributed by atoms with van der Waals surface area (Å²) in [7, 11) is 0. The quantitative estimate of drug-likeness (QED) is 0.697. The van der Waals surface area contributed by atoms with Gasteiger partial charge < -0.3 is 15.5 Å². The van der Waals surface area contributed by atoms with Crippen LogP contribution in [0.25, 0.3) is 0 Å². The van der Waals surface area contributed by atoms with E-state index in [4.69, 9.17) is 0 Å². The van der Waals surface area contributed by atoms with E-state index in [0.717, 1.165) is 58.5 Å². The molecule has 26 heavy (non-hydrogen) atoms. The third-order valence-electron chi connectivity index (χ3n) is 5.74. The average molecular weight is 409 g/mol. The Morgan fingerprint density at radius 2 is 1.65 bits per heavy atom. The smallest absolute Gasteiger partial charge is 0.237 e. The van der Waals surface area contributed by atoms with Crippen molar-refractivity contribution in [3.63, 3.8) is 0 Å². The molecule has 1 unspecified atom stereocenters. The zero-order valence-corrected chi connectivity index (χ0v) is 17.4. The van der Waals surface area contributed by atoms with Crippen molar-refractivity contribution in [3.05, 3.63) is 0 Å². The number of nitrogens with zero attached hydrogens (tertiary/aromatic N) is 2. The highest BCUT2D eigenvalue weighted by molar-refractivity contribution is 5.85. The molecule has 0 bridgehead atoms. The summed E-state index contributed by atoms with van der Waals surface area (Å²) in [5.74, 6) is 1.15. The molecule has 1 aliphatic carbocycles. The van der Waals surface area contributed by atoms with E-state index < -0.39 is 0 Å². The van der Waals surface area contributed by atoms with E-state index in [0.29, 0.717) is 24.3 Å². The monoisotopic (exact) mass is 408 g/mol. The number of carbonyl (C=O) groups is 2. The highest BCUT2D eigenvalue weighted by atomic mass is 35.5. The summed E-state index contributed by atoms with van der Waals surface area (Å²) in [5.41, 5.74) is 0. The van der Waals surface area contributed by atoms with Crippen LogP contribution < -0.4 is 10.6 Å². The molecule has 0 radical (unpaired) electrons. The second kappa shape index (κ2) is 11.3. The van der Waals surface area contributed by atoms with Gasteiger partial charge in [-0.2, -0.15) is 0 Å². The first-order valence-electron chi connectivity index (χ1n) is 9.66. The van der Waals surface area contributed by atoms with Gasteiger partial charge in [-0.05, 0) is 58.0 Å². The van der Waals surface area contributed by atoms with E-state index in [2.05, 4.69) is 15.5 Å². The van der Waals surface area contributed by atoms with Crippen LogP contribution in [0.5, 0.6) is 0 Å². The largest absolute Gasteiger partial charge is 0.352 e. The number of piperazine rings is 1. The summed E-state index contributed by atoms with van der Waals surface area (Å²) < 4.78 is 0. The van der Waals surface area contributed by atoms with Gasteiger partial charge in [-0.3, -0.25) is 14.5 Å². The van der Waals surface area contributed by atoms with Crippen LogP contribution in [0.4, 0.5) is 0 Å². The SMILES string of the molecule is CC(C(=O)NC1CC1)N1CCN(C(=O)CCC2CCNCC2)CC1.Cl.Cl. The van der Waals surface area contributed by atoms with Crippen LogP contribution >= 0.6 is 24.8 Å². The molecule has 0 spiro atoms. The Hall–Kier alpha value is -0.560. The van der Waals surface area contributed by atoms with Crippen molar-refractivity contribution in [1.82, 2.24) is 20.4 Å². The maximum absolute atomic E-state index is 12.4. The zero-order chi connectivity index (χ0) is 16.9. The molecule has 3 rings (SSSR count). The molecule has 2 heterocycles. The number of nitrogens with one attached hydrogen (secondary N) is 2. The number of carbonyl (C=O) groups excluding carboxylic acids is 2. The van der Waals surface area contributed by atoms with E-state index in [1.165, 1.54) is 12.8 Å². The van der Waals surface area contributed by atoms with Gasteiger partial charge in [0.2, 0.25) is 11.8 Å². The van der Waals surface area contributed by atoms with E-state index in [-0.39, 0.29) is 36.8 Å². The Balaban J connectivity index is 0.00000169. The number of hydrogen-bond acceptors (Lipinski definition) is 4. The maximum Gasteiger partial charge on any atom is 0.237 e. The molecule has 2 saturated heterocycles. The van der Waals surface area contributed by atoms with Gasteiger partial charge in [0, 0.05) is 38.6 Å². The molecular weight excluding hydrogens is 375 g/mol. The predicted molar refractivity (Wildman–Crippen MR) is 108 cm³/mol. The fourth-order valence-corrected chi connectivity index (χ4v) is 3.73. The number of halogens is 2. The van der Waals surface area contributed by atoms with Crippen LogP contribution in [-0.2, 0) is 9.59 Å². The third kappa shape index (κ3) is 6.87. The molecule has 6 nitrogen and oxygen atoms in total. The van der Waals surface area contributed by atoms with Gasteiger partial charge in [-0.1, -0.05) is 0 Å². The standard InChI is InChI=1S/C18H32N4O2.2ClH/c1-14(18(24)20-16-3-4-16)21-10-12-22(13-11-21)17(23)5-2-15-6-8-19-9-7-15;;/h14-16,19H,2-13H2,1H3,(H,20,24);2*1H. The van der Waals surface area contributed by atoms with Crippen LogP contribution in [0.15, 0.2) is 0 Å². The summed E-state index contributed by atoms with van der Waals surface area (Å²) >= 11 is 0. The van der Waals surface area contributed by atoms with Crippen LogP contribution in [0.3, 0.4) is 0 Å². The topological polar surface area (TPSA) is 64.7 Å². The average Bonchev–Trinajstić information content (AvgIpc) is 3.44. The van der Waals surface area contributed by atoms with Crippen molar-refractivity contribution in [3.8, 4) is 0 Å². The lowest BCUT2D eigenvalue weighted by Crippen LogP contribution is -2.55. The Morgan fingerprint density at radius 1 is 1.04 bits per heavy atom. The van der Waals surface area contributed by atoms with Gasteiger partial charge in [0.15, 0.2) is 0 Å². The van der Waals surface area contributed by atoms with Crippen molar-refractivity contribution in [2.24, 2.45) is 5.92 Å². The maximum atomic E-state index is 12.4. The molecule has 3 aliphatic rings. The summed E-state index contributed by atoms with van der Waals surface area (Å²) in [4.78, 5) is 28.8. The molecular formula is C18H34Cl2N4O2. The van der Waals surface area contributed by atoms with Crippen LogP contribution in [0.2, 0.25) is 0 Å². The van der Waals surface area contributed by atoms with E-state index in [1.807, 2.05) is 11.8 Å². The van der Waals surface area contributed by atoms with Gasteiger partial charge in [0.05, 0.1) is 6.04 Å². The van der Waals surface area contributed by atoms with Gasteiger partial charge >= 0.3 is 0 Å². The fraction of sp³-hybridized carbons (Fsp3) is 0.889. The lowest BCUT2D eigenvalue weighted by molar-refractivity contribution is -0.134. The Bertz CT molecular complexity index is 448. The van der Waals surface area contributed by atoms with Crippen molar-refractivity contribution >= 4 is 36.6 Å². The Morgan fingerprint density at radius 3 is 2.23 bits per heavy atom. The lowest BCUT2D eigenvalue weighted by atomic mass is 9.93. The summed E-state index contributed by atoms with van der Waals surface area (Å²) in [6.07, 6.45) is 6.36. The second-order valence-electron chi connectivity index (χ2n) is 7.61. The Kier molecular flexibility index (Phi) is 10.2. The predicted octanol–water partition coefficient (Wildman–Crippen LogP) is 1.42. The highest BCUT2D eigenvalue weighted by Crippen LogP contribution is 2.20. The first-order chi connectivity index (χ1) is 11.6. The highest BCUT2D eigenvalue weighted by Gasteiger charge is 2.30. The fourth-order valence-electron chi connectivity index (χ4n) is 3.73. The molecule has 0 aromatic heterocycles. The summed E-state index contributed by atoms with van der Waals surface area (Å²) in [6, 6.07) is 0.329. The second-order valence-corrected chi connectivity index (χ2v) is 7.61. The first-order valence-corrected chi connectivity index (χ1v) is 9.66. The number of rotatable bonds is 6. The number of amides is 2. The molecule has 0 aromatic carbocycles. The minimum absolute atomic E-state index is 0. The minimum atomic E-state index is -0.0856. The molecule has 2 aliphatic heterocycles. The molecule has 0 aromatic rings. The van der Waals surface area contributed by atoms with E-state index in [1.54, 1.807) is 0 Å². The van der Waals surface area contributed by atoms with E-state index in [9.17, 15) is 9.59 Å². The minimum Gasteiger partial charge on any atom is -0.352 e. The summed E-state index contributed by atoms with van der Waals surface area (Å²) in [5, 5.41) is 6.45. The molecule has 152 valence electrons. The first kappa shape index (κ1) is 23.5. The Labute approximate surface area is 169 Å². The number of hydrogen-bond donors (Lipinski definition) is 2. The van der Waals surface area contributed by atoms with Gasteiger partial charge in [0.25, 0.3) is 0 Å². The molecule has 2 N–H and O–H groups in total. The third-order valence-corrected chi connectivity index (χ3v) is 5.74. The van der Waals surface area contributed by atoms with Gasteiger partial charge in [0.1, 0.15) is 0 Å². The molecule has 2 amide bonds. The molecule has 8 heteroatoms. The molecule has 3 fully saturated rings. The van der Waals surface area contributed by atoms with Gasteiger partial charge in [-0.25, -0.2) is 0 Å². The van der Waals surface area contributed by atoms with Gasteiger partial charge in [-0.15, -0.1) is 24.8 Å². The van der Waals surface area contributed by atoms with Crippen molar-refractivity contribution in [2.45, 2.75) is 57.5 Å².